The molecule has 1 saturated carbocycles. The van der Waals surface area contributed by atoms with Crippen LogP contribution < -0.4 is 16.0 Å². The minimum atomic E-state index is -0.254. The van der Waals surface area contributed by atoms with Gasteiger partial charge in [0.2, 0.25) is 0 Å². The Balaban J connectivity index is 1.64. The third-order valence-electron chi connectivity index (χ3n) is 2.95. The summed E-state index contributed by atoms with van der Waals surface area (Å²) in [6.07, 6.45) is 3.69. The van der Waals surface area contributed by atoms with Crippen LogP contribution in [-0.2, 0) is 0 Å². The van der Waals surface area contributed by atoms with Crippen LogP contribution >= 0.6 is 11.3 Å². The van der Waals surface area contributed by atoms with Crippen molar-refractivity contribution in [3.63, 3.8) is 0 Å². The van der Waals surface area contributed by atoms with Gasteiger partial charge in [-0.15, -0.1) is 11.3 Å². The maximum atomic E-state index is 12.1. The van der Waals surface area contributed by atoms with Gasteiger partial charge in [0.05, 0.1) is 0 Å². The Morgan fingerprint density at radius 2 is 2.10 bits per heavy atom. The Labute approximate surface area is 125 Å². The van der Waals surface area contributed by atoms with Crippen LogP contribution in [0.5, 0.6) is 0 Å². The summed E-state index contributed by atoms with van der Waals surface area (Å²) in [5, 5.41) is 10.6. The number of hydrogen-bond donors (Lipinski definition) is 3. The predicted molar refractivity (Wildman–Crippen MR) is 81.7 cm³/mol. The molecular formula is C14H14N4O2S. The fourth-order valence-electron chi connectivity index (χ4n) is 1.77. The van der Waals surface area contributed by atoms with Gasteiger partial charge >= 0.3 is 6.03 Å². The summed E-state index contributed by atoms with van der Waals surface area (Å²) < 4.78 is 0. The van der Waals surface area contributed by atoms with Crippen molar-refractivity contribution >= 4 is 34.1 Å². The molecule has 0 bridgehead atoms. The quantitative estimate of drug-likeness (QED) is 0.812. The van der Waals surface area contributed by atoms with Gasteiger partial charge in [0.15, 0.2) is 5.13 Å². The molecule has 6 nitrogen and oxygen atoms in total. The molecule has 1 aliphatic rings. The van der Waals surface area contributed by atoms with Crippen molar-refractivity contribution in [3.8, 4) is 0 Å². The number of carbonyl (C=O) groups excluding carboxylic acids is 2. The maximum Gasteiger partial charge on any atom is 0.319 e. The lowest BCUT2D eigenvalue weighted by Crippen LogP contribution is -2.30. The number of hydrogen-bond acceptors (Lipinski definition) is 4. The fraction of sp³-hybridized carbons (Fsp3) is 0.214. The molecule has 0 atom stereocenters. The van der Waals surface area contributed by atoms with Gasteiger partial charge in [0.25, 0.3) is 5.91 Å². The zero-order valence-electron chi connectivity index (χ0n) is 11.1. The summed E-state index contributed by atoms with van der Waals surface area (Å²) in [4.78, 5) is 27.7. The van der Waals surface area contributed by atoms with E-state index in [-0.39, 0.29) is 11.9 Å². The number of rotatable bonds is 4. The highest BCUT2D eigenvalue weighted by atomic mass is 32.1. The van der Waals surface area contributed by atoms with Gasteiger partial charge in [-0.05, 0) is 31.0 Å². The molecule has 0 aliphatic heterocycles. The summed E-state index contributed by atoms with van der Waals surface area (Å²) in [6.45, 7) is 0. The SMILES string of the molecule is O=C(Nc1cccc(C(=O)Nc2nccs2)c1)NC1CC1. The first kappa shape index (κ1) is 13.6. The summed E-state index contributed by atoms with van der Waals surface area (Å²) in [5.74, 6) is -0.254. The molecule has 3 N–H and O–H groups in total. The second kappa shape index (κ2) is 5.92. The van der Waals surface area contributed by atoms with E-state index in [0.717, 1.165) is 12.8 Å². The molecule has 1 heterocycles. The van der Waals surface area contributed by atoms with Gasteiger partial charge < -0.3 is 10.6 Å². The molecular weight excluding hydrogens is 288 g/mol. The summed E-state index contributed by atoms with van der Waals surface area (Å²) >= 11 is 1.35. The Bertz CT molecular complexity index is 653. The smallest absolute Gasteiger partial charge is 0.319 e. The molecule has 0 radical (unpaired) electrons. The highest BCUT2D eigenvalue weighted by molar-refractivity contribution is 7.13. The van der Waals surface area contributed by atoms with Crippen LogP contribution in [-0.4, -0.2) is 23.0 Å². The Hall–Kier alpha value is -2.41. The van der Waals surface area contributed by atoms with E-state index in [1.165, 1.54) is 11.3 Å². The first-order valence-corrected chi connectivity index (χ1v) is 7.47. The van der Waals surface area contributed by atoms with Crippen molar-refractivity contribution in [2.45, 2.75) is 18.9 Å². The number of carbonyl (C=O) groups is 2. The van der Waals surface area contributed by atoms with Crippen molar-refractivity contribution in [1.29, 1.82) is 0 Å². The van der Waals surface area contributed by atoms with Crippen molar-refractivity contribution < 1.29 is 9.59 Å². The normalized spacial score (nSPS) is 13.5. The second-order valence-corrected chi connectivity index (χ2v) is 5.64. The highest BCUT2D eigenvalue weighted by Crippen LogP contribution is 2.19. The van der Waals surface area contributed by atoms with Crippen LogP contribution in [0.15, 0.2) is 35.8 Å². The standard InChI is InChI=1S/C14H14N4O2S/c19-12(18-14-15-6-7-21-14)9-2-1-3-11(8-9)17-13(20)16-10-4-5-10/h1-3,6-8,10H,4-5H2,(H,15,18,19)(H2,16,17,20). The lowest BCUT2D eigenvalue weighted by Gasteiger charge is -2.08. The first-order valence-electron chi connectivity index (χ1n) is 6.59. The molecule has 3 rings (SSSR count). The van der Waals surface area contributed by atoms with Gasteiger partial charge in [-0.25, -0.2) is 9.78 Å². The molecule has 1 aliphatic carbocycles. The molecule has 0 unspecified atom stereocenters. The molecule has 1 fully saturated rings. The first-order chi connectivity index (χ1) is 10.2. The summed E-state index contributed by atoms with van der Waals surface area (Å²) in [7, 11) is 0. The second-order valence-electron chi connectivity index (χ2n) is 4.74. The van der Waals surface area contributed by atoms with E-state index < -0.39 is 0 Å². The molecule has 1 aromatic heterocycles. The average molecular weight is 302 g/mol. The molecule has 1 aromatic carbocycles. The van der Waals surface area contributed by atoms with Crippen molar-refractivity contribution in [2.24, 2.45) is 0 Å². The van der Waals surface area contributed by atoms with Crippen LogP contribution in [0, 0.1) is 0 Å². The van der Waals surface area contributed by atoms with Crippen LogP contribution in [0.3, 0.4) is 0 Å². The number of anilines is 2. The van der Waals surface area contributed by atoms with E-state index in [9.17, 15) is 9.59 Å². The number of urea groups is 1. The number of thiazole rings is 1. The number of aromatic nitrogens is 1. The lowest BCUT2D eigenvalue weighted by molar-refractivity contribution is 0.102. The molecule has 3 amide bonds. The van der Waals surface area contributed by atoms with Crippen molar-refractivity contribution in [3.05, 3.63) is 41.4 Å². The molecule has 2 aromatic rings. The van der Waals surface area contributed by atoms with Crippen LogP contribution in [0.4, 0.5) is 15.6 Å². The number of nitrogens with zero attached hydrogens (tertiary/aromatic N) is 1. The van der Waals surface area contributed by atoms with Gasteiger partial charge in [0, 0.05) is 28.9 Å². The van der Waals surface area contributed by atoms with Gasteiger partial charge in [-0.3, -0.25) is 10.1 Å². The lowest BCUT2D eigenvalue weighted by atomic mass is 10.2. The van der Waals surface area contributed by atoms with E-state index in [1.807, 2.05) is 0 Å². The minimum absolute atomic E-state index is 0.241. The average Bonchev–Trinajstić information content (AvgIpc) is 3.12. The largest absolute Gasteiger partial charge is 0.335 e. The van der Waals surface area contributed by atoms with Crippen LogP contribution in [0.2, 0.25) is 0 Å². The number of benzene rings is 1. The molecule has 7 heteroatoms. The monoisotopic (exact) mass is 302 g/mol. The summed E-state index contributed by atoms with van der Waals surface area (Å²) in [5.41, 5.74) is 1.05. The van der Waals surface area contributed by atoms with Crippen molar-refractivity contribution in [1.82, 2.24) is 10.3 Å². The van der Waals surface area contributed by atoms with E-state index in [0.29, 0.717) is 22.4 Å². The highest BCUT2D eigenvalue weighted by Gasteiger charge is 2.23. The van der Waals surface area contributed by atoms with Gasteiger partial charge in [0.1, 0.15) is 0 Å². The zero-order valence-corrected chi connectivity index (χ0v) is 11.9. The molecule has 21 heavy (non-hydrogen) atoms. The number of nitrogens with one attached hydrogen (secondary N) is 3. The Kier molecular flexibility index (Phi) is 3.83. The molecule has 0 saturated heterocycles. The van der Waals surface area contributed by atoms with Crippen molar-refractivity contribution in [2.75, 3.05) is 10.6 Å². The van der Waals surface area contributed by atoms with E-state index in [1.54, 1.807) is 35.8 Å². The van der Waals surface area contributed by atoms with E-state index in [4.69, 9.17) is 0 Å². The van der Waals surface area contributed by atoms with E-state index >= 15 is 0 Å². The summed E-state index contributed by atoms with van der Waals surface area (Å²) in [6, 6.07) is 6.84. The van der Waals surface area contributed by atoms with Crippen LogP contribution in [0.25, 0.3) is 0 Å². The minimum Gasteiger partial charge on any atom is -0.335 e. The number of amides is 3. The van der Waals surface area contributed by atoms with Crippen LogP contribution in [0.1, 0.15) is 23.2 Å². The maximum absolute atomic E-state index is 12.1. The fourth-order valence-corrected chi connectivity index (χ4v) is 2.30. The molecule has 108 valence electrons. The molecule has 0 spiro atoms. The zero-order chi connectivity index (χ0) is 14.7. The third kappa shape index (κ3) is 3.79. The Morgan fingerprint density at radius 3 is 2.81 bits per heavy atom. The Morgan fingerprint density at radius 1 is 1.24 bits per heavy atom. The topological polar surface area (TPSA) is 83.1 Å². The van der Waals surface area contributed by atoms with Gasteiger partial charge in [-0.2, -0.15) is 0 Å². The van der Waals surface area contributed by atoms with Gasteiger partial charge in [-0.1, -0.05) is 6.07 Å². The van der Waals surface area contributed by atoms with E-state index in [2.05, 4.69) is 20.9 Å². The predicted octanol–water partition coefficient (Wildman–Crippen LogP) is 2.68. The third-order valence-corrected chi connectivity index (χ3v) is 3.64.